The van der Waals surface area contributed by atoms with Gasteiger partial charge in [0.2, 0.25) is 5.91 Å². The third-order valence-corrected chi connectivity index (χ3v) is 4.56. The zero-order chi connectivity index (χ0) is 15.0. The lowest BCUT2D eigenvalue weighted by Gasteiger charge is -2.21. The molecule has 2 amide bonds. The molecule has 1 aromatic heterocycles. The van der Waals surface area contributed by atoms with Crippen molar-refractivity contribution in [3.8, 4) is 0 Å². The van der Waals surface area contributed by atoms with E-state index in [0.29, 0.717) is 11.7 Å². The first kappa shape index (κ1) is 14.6. The van der Waals surface area contributed by atoms with Crippen molar-refractivity contribution in [2.24, 2.45) is 0 Å². The number of nitrogens with one attached hydrogen (secondary N) is 1. The summed E-state index contributed by atoms with van der Waals surface area (Å²) in [5.74, 6) is -0.155. The quantitative estimate of drug-likeness (QED) is 0.902. The Morgan fingerprint density at radius 2 is 2.00 bits per heavy atom. The minimum absolute atomic E-state index is 0.0180. The summed E-state index contributed by atoms with van der Waals surface area (Å²) in [6, 6.07) is 1.78. The number of carbonyl (C=O) groups excluding carboxylic acids is 2. The molecule has 3 rings (SSSR count). The van der Waals surface area contributed by atoms with Gasteiger partial charge in [-0.05, 0) is 54.6 Å². The Bertz CT molecular complexity index is 559. The molecule has 2 aliphatic rings. The van der Waals surface area contributed by atoms with Crippen LogP contribution in [-0.4, -0.2) is 40.4 Å². The number of halogens is 1. The Hall–Kier alpha value is -1.30. The van der Waals surface area contributed by atoms with Gasteiger partial charge in [-0.15, -0.1) is 0 Å². The van der Waals surface area contributed by atoms with Gasteiger partial charge >= 0.3 is 0 Å². The maximum Gasteiger partial charge on any atom is 0.268 e. The van der Waals surface area contributed by atoms with Crippen molar-refractivity contribution in [3.05, 3.63) is 22.4 Å². The third-order valence-electron chi connectivity index (χ3n) is 4.12. The summed E-state index contributed by atoms with van der Waals surface area (Å²) in [7, 11) is 0. The molecule has 2 heterocycles. The molecule has 0 bridgehead atoms. The minimum Gasteiger partial charge on any atom is -0.341 e. The molecule has 1 saturated carbocycles. The van der Waals surface area contributed by atoms with Crippen molar-refractivity contribution in [2.45, 2.75) is 44.7 Å². The van der Waals surface area contributed by atoms with Crippen molar-refractivity contribution in [1.82, 2.24) is 14.8 Å². The molecule has 6 heteroatoms. The van der Waals surface area contributed by atoms with Crippen LogP contribution in [0.5, 0.6) is 0 Å². The zero-order valence-electron chi connectivity index (χ0n) is 12.1. The molecular weight excluding hydrogens is 334 g/mol. The molecule has 5 nitrogen and oxygen atoms in total. The monoisotopic (exact) mass is 353 g/mol. The van der Waals surface area contributed by atoms with E-state index >= 15 is 0 Å². The molecule has 1 atom stereocenters. The van der Waals surface area contributed by atoms with E-state index in [0.717, 1.165) is 43.2 Å². The molecule has 0 radical (unpaired) electrons. The van der Waals surface area contributed by atoms with E-state index in [9.17, 15) is 9.59 Å². The SMILES string of the molecule is CC(NC(=O)c1cc(Br)cn1C1CC1)C(=O)N1CCCC1. The molecule has 1 aliphatic carbocycles. The van der Waals surface area contributed by atoms with Gasteiger partial charge in [-0.25, -0.2) is 0 Å². The second kappa shape index (κ2) is 5.83. The van der Waals surface area contributed by atoms with Crippen LogP contribution in [0, 0.1) is 0 Å². The second-order valence-corrected chi connectivity index (χ2v) is 6.83. The van der Waals surface area contributed by atoms with Gasteiger partial charge in [0.15, 0.2) is 0 Å². The fraction of sp³-hybridized carbons (Fsp3) is 0.600. The molecule has 1 aromatic rings. The van der Waals surface area contributed by atoms with Crippen molar-refractivity contribution in [1.29, 1.82) is 0 Å². The zero-order valence-corrected chi connectivity index (χ0v) is 13.7. The average molecular weight is 354 g/mol. The van der Waals surface area contributed by atoms with Crippen LogP contribution in [0.1, 0.15) is 49.1 Å². The van der Waals surface area contributed by atoms with E-state index in [1.165, 1.54) is 0 Å². The van der Waals surface area contributed by atoms with Gasteiger partial charge in [-0.1, -0.05) is 0 Å². The van der Waals surface area contributed by atoms with E-state index in [2.05, 4.69) is 21.2 Å². The summed E-state index contributed by atoms with van der Waals surface area (Å²) in [5.41, 5.74) is 0.630. The van der Waals surface area contributed by atoms with Gasteiger partial charge in [0.25, 0.3) is 5.91 Å². The van der Waals surface area contributed by atoms with Crippen molar-refractivity contribution < 1.29 is 9.59 Å². The number of hydrogen-bond donors (Lipinski definition) is 1. The van der Waals surface area contributed by atoms with Crippen LogP contribution < -0.4 is 5.32 Å². The Kier molecular flexibility index (Phi) is 4.06. The van der Waals surface area contributed by atoms with E-state index in [4.69, 9.17) is 0 Å². The van der Waals surface area contributed by atoms with Crippen LogP contribution in [0.15, 0.2) is 16.7 Å². The minimum atomic E-state index is -0.475. The number of aromatic nitrogens is 1. The lowest BCUT2D eigenvalue weighted by Crippen LogP contribution is -2.46. The van der Waals surface area contributed by atoms with Gasteiger partial charge in [0, 0.05) is 29.8 Å². The van der Waals surface area contributed by atoms with Crippen molar-refractivity contribution in [3.63, 3.8) is 0 Å². The molecule has 21 heavy (non-hydrogen) atoms. The third kappa shape index (κ3) is 3.15. The number of carbonyl (C=O) groups is 2. The normalized spacial score (nSPS) is 19.6. The Morgan fingerprint density at radius 3 is 2.62 bits per heavy atom. The highest BCUT2D eigenvalue weighted by Gasteiger charge is 2.29. The van der Waals surface area contributed by atoms with E-state index in [1.807, 2.05) is 21.7 Å². The Labute approximate surface area is 132 Å². The predicted molar refractivity (Wildman–Crippen MR) is 83.1 cm³/mol. The number of hydrogen-bond acceptors (Lipinski definition) is 2. The molecule has 0 aromatic carbocycles. The van der Waals surface area contributed by atoms with Gasteiger partial charge in [0.05, 0.1) is 0 Å². The Morgan fingerprint density at radius 1 is 1.33 bits per heavy atom. The summed E-state index contributed by atoms with van der Waals surface area (Å²) >= 11 is 3.42. The fourth-order valence-corrected chi connectivity index (χ4v) is 3.26. The van der Waals surface area contributed by atoms with Gasteiger partial charge in [0.1, 0.15) is 11.7 Å². The van der Waals surface area contributed by atoms with Crippen LogP contribution in [0.2, 0.25) is 0 Å². The maximum absolute atomic E-state index is 12.4. The van der Waals surface area contributed by atoms with Crippen LogP contribution in [0.4, 0.5) is 0 Å². The summed E-state index contributed by atoms with van der Waals surface area (Å²) in [5, 5.41) is 2.84. The highest BCUT2D eigenvalue weighted by molar-refractivity contribution is 9.10. The van der Waals surface area contributed by atoms with Gasteiger partial charge in [-0.2, -0.15) is 0 Å². The molecule has 1 unspecified atom stereocenters. The number of nitrogens with zero attached hydrogens (tertiary/aromatic N) is 2. The fourth-order valence-electron chi connectivity index (χ4n) is 2.83. The lowest BCUT2D eigenvalue weighted by molar-refractivity contribution is -0.131. The molecule has 2 fully saturated rings. The van der Waals surface area contributed by atoms with E-state index in [-0.39, 0.29) is 11.8 Å². The van der Waals surface area contributed by atoms with Crippen LogP contribution >= 0.6 is 15.9 Å². The topological polar surface area (TPSA) is 54.3 Å². The Balaban J connectivity index is 1.66. The molecule has 1 saturated heterocycles. The summed E-state index contributed by atoms with van der Waals surface area (Å²) in [6.45, 7) is 3.38. The first-order valence-electron chi connectivity index (χ1n) is 7.53. The second-order valence-electron chi connectivity index (χ2n) is 5.91. The predicted octanol–water partition coefficient (Wildman–Crippen LogP) is 2.33. The largest absolute Gasteiger partial charge is 0.341 e. The van der Waals surface area contributed by atoms with Crippen molar-refractivity contribution in [2.75, 3.05) is 13.1 Å². The smallest absolute Gasteiger partial charge is 0.268 e. The van der Waals surface area contributed by atoms with Crippen LogP contribution in [-0.2, 0) is 4.79 Å². The lowest BCUT2D eigenvalue weighted by atomic mass is 10.2. The highest BCUT2D eigenvalue weighted by Crippen LogP contribution is 2.37. The van der Waals surface area contributed by atoms with Crippen molar-refractivity contribution >= 4 is 27.7 Å². The van der Waals surface area contributed by atoms with E-state index < -0.39 is 6.04 Å². The highest BCUT2D eigenvalue weighted by atomic mass is 79.9. The number of likely N-dealkylation sites (tertiary alicyclic amines) is 1. The molecule has 114 valence electrons. The average Bonchev–Trinajstić information content (AvgIpc) is 3.00. The number of amides is 2. The van der Waals surface area contributed by atoms with Gasteiger partial charge in [-0.3, -0.25) is 9.59 Å². The standard InChI is InChI=1S/C15H20BrN3O2/c1-10(15(21)18-6-2-3-7-18)17-14(20)13-8-11(16)9-19(13)12-4-5-12/h8-10,12H,2-7H2,1H3,(H,17,20). The van der Waals surface area contributed by atoms with Crippen LogP contribution in [0.25, 0.3) is 0 Å². The first-order chi connectivity index (χ1) is 10.1. The molecular formula is C15H20BrN3O2. The van der Waals surface area contributed by atoms with Gasteiger partial charge < -0.3 is 14.8 Å². The molecule has 1 N–H and O–H groups in total. The summed E-state index contributed by atoms with van der Waals surface area (Å²) < 4.78 is 2.91. The number of rotatable bonds is 4. The summed E-state index contributed by atoms with van der Waals surface area (Å²) in [6.07, 6.45) is 6.29. The maximum atomic E-state index is 12.4. The first-order valence-corrected chi connectivity index (χ1v) is 8.32. The van der Waals surface area contributed by atoms with Crippen LogP contribution in [0.3, 0.4) is 0 Å². The molecule has 1 aliphatic heterocycles. The van der Waals surface area contributed by atoms with E-state index in [1.54, 1.807) is 6.92 Å². The molecule has 0 spiro atoms. The summed E-state index contributed by atoms with van der Waals surface area (Å²) in [4.78, 5) is 26.5.